The van der Waals surface area contributed by atoms with Crippen LogP contribution in [0, 0.1) is 26.7 Å². The summed E-state index contributed by atoms with van der Waals surface area (Å²) in [5, 5.41) is 3.59. The highest BCUT2D eigenvalue weighted by molar-refractivity contribution is 5.37. The van der Waals surface area contributed by atoms with Crippen molar-refractivity contribution in [1.29, 1.82) is 0 Å². The Kier molecular flexibility index (Phi) is 5.83. The van der Waals surface area contributed by atoms with E-state index >= 15 is 0 Å². The highest BCUT2D eigenvalue weighted by Crippen LogP contribution is 2.24. The molecule has 1 aliphatic heterocycles. The number of aryl methyl sites for hydroxylation is 3. The zero-order valence-corrected chi connectivity index (χ0v) is 14.5. The van der Waals surface area contributed by atoms with Crippen molar-refractivity contribution in [3.05, 3.63) is 34.4 Å². The third-order valence-corrected chi connectivity index (χ3v) is 5.09. The SMILES string of the molecule is CCNC(C)C1CCN(Cc2c(C)cc(C)cc2C)CC1. The normalized spacial score (nSPS) is 18.9. The zero-order valence-electron chi connectivity index (χ0n) is 14.5. The van der Waals surface area contributed by atoms with Gasteiger partial charge < -0.3 is 5.32 Å². The van der Waals surface area contributed by atoms with Gasteiger partial charge in [-0.05, 0) is 82.8 Å². The number of hydrogen-bond donors (Lipinski definition) is 1. The molecule has 1 atom stereocenters. The molecule has 1 N–H and O–H groups in total. The standard InChI is InChI=1S/C19H32N2/c1-6-20-17(5)18-7-9-21(10-8-18)13-19-15(3)11-14(2)12-16(19)4/h11-12,17-18,20H,6-10,13H2,1-5H3. The van der Waals surface area contributed by atoms with Crippen molar-refractivity contribution in [3.63, 3.8) is 0 Å². The minimum Gasteiger partial charge on any atom is -0.314 e. The van der Waals surface area contributed by atoms with Gasteiger partial charge in [-0.1, -0.05) is 24.6 Å². The quantitative estimate of drug-likeness (QED) is 0.886. The number of likely N-dealkylation sites (tertiary alicyclic amines) is 1. The van der Waals surface area contributed by atoms with Gasteiger partial charge in [0.15, 0.2) is 0 Å². The molecule has 0 saturated carbocycles. The van der Waals surface area contributed by atoms with Crippen LogP contribution < -0.4 is 5.32 Å². The fourth-order valence-corrected chi connectivity index (χ4v) is 3.78. The smallest absolute Gasteiger partial charge is 0.0238 e. The number of benzene rings is 1. The summed E-state index contributed by atoms with van der Waals surface area (Å²) in [4.78, 5) is 2.64. The van der Waals surface area contributed by atoms with Crippen LogP contribution in [0.2, 0.25) is 0 Å². The minimum absolute atomic E-state index is 0.667. The molecule has 0 aromatic heterocycles. The van der Waals surface area contributed by atoms with E-state index in [1.54, 1.807) is 5.56 Å². The topological polar surface area (TPSA) is 15.3 Å². The van der Waals surface area contributed by atoms with Crippen molar-refractivity contribution in [3.8, 4) is 0 Å². The Morgan fingerprint density at radius 1 is 1.14 bits per heavy atom. The summed E-state index contributed by atoms with van der Waals surface area (Å²) in [6.45, 7) is 16.0. The molecule has 1 saturated heterocycles. The number of rotatable bonds is 5. The molecule has 0 bridgehead atoms. The zero-order chi connectivity index (χ0) is 15.4. The Hall–Kier alpha value is -0.860. The van der Waals surface area contributed by atoms with Crippen molar-refractivity contribution < 1.29 is 0 Å². The second kappa shape index (κ2) is 7.42. The van der Waals surface area contributed by atoms with Crippen LogP contribution in [-0.2, 0) is 6.54 Å². The predicted molar refractivity (Wildman–Crippen MR) is 91.8 cm³/mol. The van der Waals surface area contributed by atoms with E-state index < -0.39 is 0 Å². The number of nitrogens with one attached hydrogen (secondary N) is 1. The lowest BCUT2D eigenvalue weighted by atomic mass is 9.89. The Morgan fingerprint density at radius 2 is 1.71 bits per heavy atom. The lowest BCUT2D eigenvalue weighted by Crippen LogP contribution is -2.41. The number of piperidine rings is 1. The van der Waals surface area contributed by atoms with Gasteiger partial charge in [0.05, 0.1) is 0 Å². The van der Waals surface area contributed by atoms with Crippen LogP contribution in [-0.4, -0.2) is 30.6 Å². The summed E-state index contributed by atoms with van der Waals surface area (Å²) in [5.41, 5.74) is 5.83. The van der Waals surface area contributed by atoms with Crippen LogP contribution in [0.1, 0.15) is 48.9 Å². The molecule has 1 aliphatic rings. The van der Waals surface area contributed by atoms with E-state index in [4.69, 9.17) is 0 Å². The maximum atomic E-state index is 3.59. The van der Waals surface area contributed by atoms with E-state index in [-0.39, 0.29) is 0 Å². The molecule has 1 fully saturated rings. The van der Waals surface area contributed by atoms with Crippen LogP contribution in [0.5, 0.6) is 0 Å². The molecule has 0 amide bonds. The van der Waals surface area contributed by atoms with Crippen molar-refractivity contribution in [2.24, 2.45) is 5.92 Å². The van der Waals surface area contributed by atoms with Gasteiger partial charge in [0, 0.05) is 12.6 Å². The van der Waals surface area contributed by atoms with Crippen LogP contribution in [0.3, 0.4) is 0 Å². The summed E-state index contributed by atoms with van der Waals surface area (Å²) in [5.74, 6) is 0.849. The number of nitrogens with zero attached hydrogens (tertiary/aromatic N) is 1. The Morgan fingerprint density at radius 3 is 2.24 bits per heavy atom. The van der Waals surface area contributed by atoms with Gasteiger partial charge in [0.1, 0.15) is 0 Å². The van der Waals surface area contributed by atoms with E-state index in [1.807, 2.05) is 0 Å². The van der Waals surface area contributed by atoms with Gasteiger partial charge in [-0.15, -0.1) is 0 Å². The van der Waals surface area contributed by atoms with E-state index in [0.29, 0.717) is 6.04 Å². The summed E-state index contributed by atoms with van der Waals surface area (Å²) in [7, 11) is 0. The first-order valence-electron chi connectivity index (χ1n) is 8.53. The number of hydrogen-bond acceptors (Lipinski definition) is 2. The van der Waals surface area contributed by atoms with E-state index in [9.17, 15) is 0 Å². The van der Waals surface area contributed by atoms with Crippen molar-refractivity contribution in [2.45, 2.75) is 60.0 Å². The third-order valence-electron chi connectivity index (χ3n) is 5.09. The fourth-order valence-electron chi connectivity index (χ4n) is 3.78. The molecular formula is C19H32N2. The van der Waals surface area contributed by atoms with Crippen molar-refractivity contribution >= 4 is 0 Å². The van der Waals surface area contributed by atoms with Crippen LogP contribution in [0.4, 0.5) is 0 Å². The van der Waals surface area contributed by atoms with Gasteiger partial charge in [0.25, 0.3) is 0 Å². The first-order chi connectivity index (χ1) is 10.0. The average Bonchev–Trinajstić information content (AvgIpc) is 2.43. The first kappa shape index (κ1) is 16.5. The molecular weight excluding hydrogens is 256 g/mol. The molecule has 2 nitrogen and oxygen atoms in total. The predicted octanol–water partition coefficient (Wildman–Crippen LogP) is 3.82. The van der Waals surface area contributed by atoms with Crippen molar-refractivity contribution in [1.82, 2.24) is 10.2 Å². The molecule has 0 radical (unpaired) electrons. The van der Waals surface area contributed by atoms with Gasteiger partial charge in [-0.3, -0.25) is 4.90 Å². The average molecular weight is 288 g/mol. The van der Waals surface area contributed by atoms with Gasteiger partial charge >= 0.3 is 0 Å². The Bertz CT molecular complexity index is 436. The highest BCUT2D eigenvalue weighted by atomic mass is 15.1. The summed E-state index contributed by atoms with van der Waals surface area (Å²) >= 11 is 0. The second-order valence-electron chi connectivity index (χ2n) is 6.84. The van der Waals surface area contributed by atoms with Gasteiger partial charge in [-0.25, -0.2) is 0 Å². The molecule has 1 aromatic carbocycles. The fraction of sp³-hybridized carbons (Fsp3) is 0.684. The molecule has 0 spiro atoms. The molecule has 2 heteroatoms. The summed E-state index contributed by atoms with van der Waals surface area (Å²) in [6.07, 6.45) is 2.66. The summed E-state index contributed by atoms with van der Waals surface area (Å²) in [6, 6.07) is 5.31. The van der Waals surface area contributed by atoms with Gasteiger partial charge in [0.2, 0.25) is 0 Å². The largest absolute Gasteiger partial charge is 0.314 e. The monoisotopic (exact) mass is 288 g/mol. The Labute approximate surface area is 130 Å². The van der Waals surface area contributed by atoms with E-state index in [2.05, 4.69) is 57.0 Å². The molecule has 118 valence electrons. The van der Waals surface area contributed by atoms with Crippen LogP contribution in [0.25, 0.3) is 0 Å². The van der Waals surface area contributed by atoms with E-state index in [1.165, 1.54) is 42.6 Å². The lowest BCUT2D eigenvalue weighted by molar-refractivity contribution is 0.156. The van der Waals surface area contributed by atoms with E-state index in [0.717, 1.165) is 19.0 Å². The van der Waals surface area contributed by atoms with Crippen LogP contribution in [0.15, 0.2) is 12.1 Å². The Balaban J connectivity index is 1.92. The third kappa shape index (κ3) is 4.31. The minimum atomic E-state index is 0.667. The van der Waals surface area contributed by atoms with Crippen LogP contribution >= 0.6 is 0 Å². The second-order valence-corrected chi connectivity index (χ2v) is 6.84. The molecule has 1 heterocycles. The molecule has 21 heavy (non-hydrogen) atoms. The maximum absolute atomic E-state index is 3.59. The summed E-state index contributed by atoms with van der Waals surface area (Å²) < 4.78 is 0. The molecule has 1 unspecified atom stereocenters. The maximum Gasteiger partial charge on any atom is 0.0238 e. The van der Waals surface area contributed by atoms with Gasteiger partial charge in [-0.2, -0.15) is 0 Å². The highest BCUT2D eigenvalue weighted by Gasteiger charge is 2.23. The molecule has 2 rings (SSSR count). The lowest BCUT2D eigenvalue weighted by Gasteiger charge is -2.35. The molecule has 1 aromatic rings. The molecule has 0 aliphatic carbocycles. The first-order valence-corrected chi connectivity index (χ1v) is 8.53. The van der Waals surface area contributed by atoms with Crippen molar-refractivity contribution in [2.75, 3.05) is 19.6 Å².